The van der Waals surface area contributed by atoms with E-state index in [-0.39, 0.29) is 31.0 Å². The maximum atomic E-state index is 13.1. The fraction of sp³-hybridized carbons (Fsp3) is 0.391. The number of amides is 2. The Bertz CT molecular complexity index is 857. The van der Waals surface area contributed by atoms with Gasteiger partial charge in [-0.2, -0.15) is 0 Å². The Balaban J connectivity index is 2.24. The number of nitrogens with zero attached hydrogens (tertiary/aromatic N) is 1. The molecule has 0 aliphatic heterocycles. The molecule has 6 nitrogen and oxygen atoms in total. The van der Waals surface area contributed by atoms with Crippen LogP contribution < -0.4 is 14.8 Å². The first kappa shape index (κ1) is 23.5. The van der Waals surface area contributed by atoms with Gasteiger partial charge in [-0.05, 0) is 50.1 Å². The molecule has 0 unspecified atom stereocenters. The van der Waals surface area contributed by atoms with E-state index >= 15 is 0 Å². The maximum absolute atomic E-state index is 13.1. The molecular weight excluding hydrogens is 404 g/mol. The van der Waals surface area contributed by atoms with Crippen molar-refractivity contribution in [1.82, 2.24) is 10.2 Å². The molecule has 0 saturated carbocycles. The molecule has 0 heterocycles. The van der Waals surface area contributed by atoms with Gasteiger partial charge < -0.3 is 19.7 Å². The quantitative estimate of drug-likeness (QED) is 0.614. The van der Waals surface area contributed by atoms with Crippen LogP contribution in [0.4, 0.5) is 0 Å². The lowest BCUT2D eigenvalue weighted by molar-refractivity contribution is -0.143. The van der Waals surface area contributed by atoms with Gasteiger partial charge in [-0.25, -0.2) is 0 Å². The third-order valence-corrected chi connectivity index (χ3v) is 4.80. The van der Waals surface area contributed by atoms with Crippen LogP contribution in [-0.4, -0.2) is 42.5 Å². The Morgan fingerprint density at radius 3 is 2.50 bits per heavy atom. The summed E-state index contributed by atoms with van der Waals surface area (Å²) in [6.07, 6.45) is 0.473. The number of ether oxygens (including phenoxy) is 2. The first-order valence-electron chi connectivity index (χ1n) is 9.95. The van der Waals surface area contributed by atoms with Crippen LogP contribution in [0.1, 0.15) is 32.8 Å². The second kappa shape index (κ2) is 11.5. The normalized spacial score (nSPS) is 11.7. The van der Waals surface area contributed by atoms with Gasteiger partial charge in [0.2, 0.25) is 5.91 Å². The first-order valence-corrected chi connectivity index (χ1v) is 10.3. The summed E-state index contributed by atoms with van der Waals surface area (Å²) < 4.78 is 10.9. The van der Waals surface area contributed by atoms with Gasteiger partial charge in [0.25, 0.3) is 5.91 Å². The Morgan fingerprint density at radius 1 is 1.13 bits per heavy atom. The number of benzene rings is 2. The van der Waals surface area contributed by atoms with Crippen LogP contribution in [0.15, 0.2) is 48.5 Å². The van der Waals surface area contributed by atoms with Crippen LogP contribution >= 0.6 is 11.6 Å². The van der Waals surface area contributed by atoms with Crippen molar-refractivity contribution >= 4 is 23.4 Å². The molecule has 7 heteroatoms. The van der Waals surface area contributed by atoms with Gasteiger partial charge in [0.15, 0.2) is 6.61 Å². The van der Waals surface area contributed by atoms with Gasteiger partial charge in [-0.15, -0.1) is 0 Å². The molecule has 1 N–H and O–H groups in total. The van der Waals surface area contributed by atoms with Crippen LogP contribution in [0, 0.1) is 0 Å². The summed E-state index contributed by atoms with van der Waals surface area (Å²) in [6, 6.07) is 13.7. The van der Waals surface area contributed by atoms with Crippen molar-refractivity contribution in [2.24, 2.45) is 0 Å². The number of nitrogens with one attached hydrogen (secondary N) is 1. The molecule has 0 bridgehead atoms. The van der Waals surface area contributed by atoms with E-state index in [1.807, 2.05) is 45.0 Å². The average Bonchev–Trinajstić information content (AvgIpc) is 2.72. The second-order valence-electron chi connectivity index (χ2n) is 7.18. The SMILES string of the molecule is CC[C@@H](C(=O)NC(C)C)N(Cc1cccc(OC)c1)C(=O)COc1ccccc1Cl. The highest BCUT2D eigenvalue weighted by Gasteiger charge is 2.29. The van der Waals surface area contributed by atoms with Crippen molar-refractivity contribution in [3.63, 3.8) is 0 Å². The molecule has 0 aromatic heterocycles. The Kier molecular flexibility index (Phi) is 8.99. The second-order valence-corrected chi connectivity index (χ2v) is 7.59. The number of halogens is 1. The summed E-state index contributed by atoms with van der Waals surface area (Å²) in [4.78, 5) is 27.4. The van der Waals surface area contributed by atoms with Crippen LogP contribution in [0.3, 0.4) is 0 Å². The van der Waals surface area contributed by atoms with E-state index in [4.69, 9.17) is 21.1 Å². The Hall–Kier alpha value is -2.73. The van der Waals surface area contributed by atoms with Crippen molar-refractivity contribution in [3.05, 3.63) is 59.1 Å². The highest BCUT2D eigenvalue weighted by molar-refractivity contribution is 6.32. The van der Waals surface area contributed by atoms with Crippen LogP contribution in [0.5, 0.6) is 11.5 Å². The van der Waals surface area contributed by atoms with E-state index in [1.54, 1.807) is 36.3 Å². The van der Waals surface area contributed by atoms with Gasteiger partial charge >= 0.3 is 0 Å². The molecule has 0 spiro atoms. The van der Waals surface area contributed by atoms with Crippen molar-refractivity contribution in [2.45, 2.75) is 45.8 Å². The maximum Gasteiger partial charge on any atom is 0.261 e. The van der Waals surface area contributed by atoms with E-state index < -0.39 is 6.04 Å². The van der Waals surface area contributed by atoms with Crippen molar-refractivity contribution in [3.8, 4) is 11.5 Å². The lowest BCUT2D eigenvalue weighted by Gasteiger charge is -2.31. The molecule has 1 atom stereocenters. The molecule has 0 aliphatic rings. The van der Waals surface area contributed by atoms with E-state index in [9.17, 15) is 9.59 Å². The van der Waals surface area contributed by atoms with Gasteiger partial charge in [0.1, 0.15) is 17.5 Å². The molecule has 162 valence electrons. The van der Waals surface area contributed by atoms with Gasteiger partial charge in [-0.1, -0.05) is 42.8 Å². The fourth-order valence-electron chi connectivity index (χ4n) is 3.05. The summed E-state index contributed by atoms with van der Waals surface area (Å²) in [6.45, 7) is 5.69. The monoisotopic (exact) mass is 432 g/mol. The molecule has 30 heavy (non-hydrogen) atoms. The molecule has 2 aromatic rings. The molecule has 2 amide bonds. The number of para-hydroxylation sites is 1. The summed E-state index contributed by atoms with van der Waals surface area (Å²) >= 11 is 6.12. The Morgan fingerprint density at radius 2 is 1.87 bits per heavy atom. The standard InChI is InChI=1S/C23H29ClN2O4/c1-5-20(23(28)25-16(2)3)26(14-17-9-8-10-18(13-17)29-4)22(27)15-30-21-12-7-6-11-19(21)24/h6-13,16,20H,5,14-15H2,1-4H3,(H,25,28)/t20-/m0/s1. The molecule has 0 radical (unpaired) electrons. The van der Waals surface area contributed by atoms with Crippen LogP contribution in [0.25, 0.3) is 0 Å². The summed E-state index contributed by atoms with van der Waals surface area (Å²) in [5.74, 6) is 0.616. The van der Waals surface area contributed by atoms with E-state index in [2.05, 4.69) is 5.32 Å². The number of hydrogen-bond acceptors (Lipinski definition) is 4. The van der Waals surface area contributed by atoms with Crippen molar-refractivity contribution in [1.29, 1.82) is 0 Å². The third-order valence-electron chi connectivity index (χ3n) is 4.49. The molecule has 2 aromatic carbocycles. The van der Waals surface area contributed by atoms with Crippen LogP contribution in [0.2, 0.25) is 5.02 Å². The summed E-state index contributed by atoms with van der Waals surface area (Å²) in [7, 11) is 1.59. The van der Waals surface area contributed by atoms with E-state index in [0.717, 1.165) is 5.56 Å². The van der Waals surface area contributed by atoms with Gasteiger partial charge in [0.05, 0.1) is 12.1 Å². The fourth-order valence-corrected chi connectivity index (χ4v) is 3.24. The van der Waals surface area contributed by atoms with Gasteiger partial charge in [0, 0.05) is 12.6 Å². The predicted octanol–water partition coefficient (Wildman–Crippen LogP) is 4.06. The topological polar surface area (TPSA) is 67.9 Å². The number of hydrogen-bond donors (Lipinski definition) is 1. The zero-order valence-electron chi connectivity index (χ0n) is 17.9. The van der Waals surface area contributed by atoms with Crippen molar-refractivity contribution in [2.75, 3.05) is 13.7 Å². The molecular formula is C23H29ClN2O4. The summed E-state index contributed by atoms with van der Waals surface area (Å²) in [5, 5.41) is 3.33. The van der Waals surface area contributed by atoms with Gasteiger partial charge in [-0.3, -0.25) is 9.59 Å². The minimum absolute atomic E-state index is 0.0281. The highest BCUT2D eigenvalue weighted by Crippen LogP contribution is 2.23. The van der Waals surface area contributed by atoms with E-state index in [1.165, 1.54) is 0 Å². The van der Waals surface area contributed by atoms with E-state index in [0.29, 0.717) is 22.9 Å². The Labute approximate surface area is 183 Å². The number of carbonyl (C=O) groups excluding carboxylic acids is 2. The average molecular weight is 433 g/mol. The minimum Gasteiger partial charge on any atom is -0.497 e. The predicted molar refractivity (Wildman–Crippen MR) is 118 cm³/mol. The minimum atomic E-state index is -0.624. The highest BCUT2D eigenvalue weighted by atomic mass is 35.5. The van der Waals surface area contributed by atoms with Crippen molar-refractivity contribution < 1.29 is 19.1 Å². The molecule has 2 rings (SSSR count). The first-order chi connectivity index (χ1) is 14.3. The molecule has 0 aliphatic carbocycles. The number of rotatable bonds is 10. The molecule has 0 saturated heterocycles. The number of carbonyl (C=O) groups is 2. The third kappa shape index (κ3) is 6.66. The lowest BCUT2D eigenvalue weighted by Crippen LogP contribution is -2.51. The zero-order chi connectivity index (χ0) is 22.1. The van der Waals surface area contributed by atoms with Crippen LogP contribution in [-0.2, 0) is 16.1 Å². The number of methoxy groups -OCH3 is 1. The largest absolute Gasteiger partial charge is 0.497 e. The molecule has 0 fully saturated rings. The zero-order valence-corrected chi connectivity index (χ0v) is 18.6. The smallest absolute Gasteiger partial charge is 0.261 e. The summed E-state index contributed by atoms with van der Waals surface area (Å²) in [5.41, 5.74) is 0.858. The lowest BCUT2D eigenvalue weighted by atomic mass is 10.1.